The van der Waals surface area contributed by atoms with Gasteiger partial charge in [-0.1, -0.05) is 11.6 Å². The van der Waals surface area contributed by atoms with Gasteiger partial charge in [0, 0.05) is 5.69 Å². The summed E-state index contributed by atoms with van der Waals surface area (Å²) in [5.41, 5.74) is -0.111. The highest BCUT2D eigenvalue weighted by molar-refractivity contribution is 6.04. The molecule has 0 aliphatic carbocycles. The second-order valence-corrected chi connectivity index (χ2v) is 5.42. The first-order valence-corrected chi connectivity index (χ1v) is 7.22. The smallest absolute Gasteiger partial charge is 0.322 e. The van der Waals surface area contributed by atoms with Crippen LogP contribution in [0.1, 0.15) is 35.3 Å². The minimum Gasteiger partial charge on any atom is -0.322 e. The summed E-state index contributed by atoms with van der Waals surface area (Å²) in [6.07, 6.45) is -4.44. The first-order chi connectivity index (χ1) is 11.5. The molecule has 0 saturated heterocycles. The molecule has 0 radical (unpaired) electrons. The van der Waals surface area contributed by atoms with Crippen LogP contribution < -0.4 is 5.32 Å². The average molecular weight is 355 g/mol. The number of anilines is 1. The van der Waals surface area contributed by atoms with E-state index in [-0.39, 0.29) is 17.0 Å². The number of alkyl halides is 3. The van der Waals surface area contributed by atoms with E-state index in [0.29, 0.717) is 5.56 Å². The van der Waals surface area contributed by atoms with Gasteiger partial charge in [-0.2, -0.15) is 13.2 Å². The van der Waals surface area contributed by atoms with E-state index in [0.717, 1.165) is 30.3 Å². The van der Waals surface area contributed by atoms with Gasteiger partial charge in [-0.3, -0.25) is 4.79 Å². The molecule has 0 spiro atoms. The SMILES string of the molecule is CC(C)=O.Cc1ccc(F)c(C(=O)Nc2ccc(C(F)(F)F)cc2)c1. The van der Waals surface area contributed by atoms with Crippen molar-refractivity contribution >= 4 is 17.4 Å². The van der Waals surface area contributed by atoms with Gasteiger partial charge < -0.3 is 10.1 Å². The zero-order valence-electron chi connectivity index (χ0n) is 13.9. The van der Waals surface area contributed by atoms with Crippen LogP contribution in [-0.2, 0) is 11.0 Å². The van der Waals surface area contributed by atoms with Crippen LogP contribution >= 0.6 is 0 Å². The molecule has 25 heavy (non-hydrogen) atoms. The second kappa shape index (κ2) is 8.41. The highest BCUT2D eigenvalue weighted by atomic mass is 19.4. The number of carbonyl (C=O) groups is 2. The maximum absolute atomic E-state index is 13.5. The molecule has 2 aromatic rings. The molecule has 0 aliphatic heterocycles. The second-order valence-electron chi connectivity index (χ2n) is 5.42. The first kappa shape index (κ1) is 20.3. The molecule has 0 aromatic heterocycles. The van der Waals surface area contributed by atoms with Crippen molar-refractivity contribution < 1.29 is 27.2 Å². The van der Waals surface area contributed by atoms with Crippen molar-refractivity contribution in [2.75, 3.05) is 5.32 Å². The molecule has 1 amide bonds. The first-order valence-electron chi connectivity index (χ1n) is 7.22. The van der Waals surface area contributed by atoms with E-state index >= 15 is 0 Å². The van der Waals surface area contributed by atoms with E-state index in [1.54, 1.807) is 6.92 Å². The van der Waals surface area contributed by atoms with E-state index in [1.807, 2.05) is 0 Å². The van der Waals surface area contributed by atoms with Crippen molar-refractivity contribution in [2.45, 2.75) is 26.9 Å². The minimum atomic E-state index is -4.44. The van der Waals surface area contributed by atoms with Crippen molar-refractivity contribution in [3.8, 4) is 0 Å². The Morgan fingerprint density at radius 2 is 1.48 bits per heavy atom. The number of ketones is 1. The zero-order chi connectivity index (χ0) is 19.2. The molecule has 2 rings (SSSR count). The Kier molecular flexibility index (Phi) is 6.85. The number of Topliss-reactive ketones (excluding diaryl/α,β-unsaturated/α-hetero) is 1. The molecule has 0 bridgehead atoms. The Hall–Kier alpha value is -2.70. The van der Waals surface area contributed by atoms with Gasteiger partial charge in [0.1, 0.15) is 11.6 Å². The molecule has 0 aliphatic rings. The van der Waals surface area contributed by atoms with Crippen molar-refractivity contribution in [2.24, 2.45) is 0 Å². The molecule has 1 N–H and O–H groups in total. The topological polar surface area (TPSA) is 46.2 Å². The van der Waals surface area contributed by atoms with Crippen LogP contribution in [0.25, 0.3) is 0 Å². The van der Waals surface area contributed by atoms with Crippen LogP contribution in [0.4, 0.5) is 23.2 Å². The monoisotopic (exact) mass is 355 g/mol. The number of hydrogen-bond donors (Lipinski definition) is 1. The molecule has 2 aromatic carbocycles. The highest BCUT2D eigenvalue weighted by Crippen LogP contribution is 2.29. The molecule has 0 atom stereocenters. The van der Waals surface area contributed by atoms with Crippen molar-refractivity contribution in [3.63, 3.8) is 0 Å². The number of aryl methyl sites for hydroxylation is 1. The number of amides is 1. The third-order valence-electron chi connectivity index (χ3n) is 2.84. The van der Waals surface area contributed by atoms with Crippen molar-refractivity contribution in [1.29, 1.82) is 0 Å². The summed E-state index contributed by atoms with van der Waals surface area (Å²) < 4.78 is 50.8. The minimum absolute atomic E-state index is 0.158. The van der Waals surface area contributed by atoms with Crippen LogP contribution in [0.15, 0.2) is 42.5 Å². The number of carbonyl (C=O) groups excluding carboxylic acids is 2. The quantitative estimate of drug-likeness (QED) is 0.771. The number of hydrogen-bond acceptors (Lipinski definition) is 2. The lowest BCUT2D eigenvalue weighted by molar-refractivity contribution is -0.137. The largest absolute Gasteiger partial charge is 0.416 e. The molecule has 0 heterocycles. The zero-order valence-corrected chi connectivity index (χ0v) is 13.9. The lowest BCUT2D eigenvalue weighted by atomic mass is 10.1. The van der Waals surface area contributed by atoms with Gasteiger partial charge in [-0.05, 0) is 57.2 Å². The van der Waals surface area contributed by atoms with E-state index < -0.39 is 23.5 Å². The molecular weight excluding hydrogens is 338 g/mol. The van der Waals surface area contributed by atoms with Crippen molar-refractivity contribution in [3.05, 3.63) is 65.0 Å². The summed E-state index contributed by atoms with van der Waals surface area (Å²) in [7, 11) is 0. The third kappa shape index (κ3) is 6.74. The summed E-state index contributed by atoms with van der Waals surface area (Å²) >= 11 is 0. The summed E-state index contributed by atoms with van der Waals surface area (Å²) in [6.45, 7) is 4.76. The lowest BCUT2D eigenvalue weighted by Gasteiger charge is -2.09. The Labute approximate surface area is 142 Å². The van der Waals surface area contributed by atoms with E-state index in [4.69, 9.17) is 0 Å². The Morgan fingerprint density at radius 3 is 1.96 bits per heavy atom. The van der Waals surface area contributed by atoms with Crippen LogP contribution in [0, 0.1) is 12.7 Å². The lowest BCUT2D eigenvalue weighted by Crippen LogP contribution is -2.14. The number of benzene rings is 2. The van der Waals surface area contributed by atoms with Crippen LogP contribution in [0.3, 0.4) is 0 Å². The van der Waals surface area contributed by atoms with Gasteiger partial charge in [0.15, 0.2) is 0 Å². The number of rotatable bonds is 2. The summed E-state index contributed by atoms with van der Waals surface area (Å²) in [4.78, 5) is 21.3. The van der Waals surface area contributed by atoms with Gasteiger partial charge >= 0.3 is 6.18 Å². The molecule has 0 fully saturated rings. The number of halogens is 4. The third-order valence-corrected chi connectivity index (χ3v) is 2.84. The van der Waals surface area contributed by atoms with Crippen molar-refractivity contribution in [1.82, 2.24) is 0 Å². The van der Waals surface area contributed by atoms with Crippen LogP contribution in [0.5, 0.6) is 0 Å². The Balaban J connectivity index is 0.000000705. The fraction of sp³-hybridized carbons (Fsp3) is 0.222. The van der Waals surface area contributed by atoms with Gasteiger partial charge in [0.05, 0.1) is 11.1 Å². The fourth-order valence-corrected chi connectivity index (χ4v) is 1.75. The van der Waals surface area contributed by atoms with Gasteiger partial charge in [0.2, 0.25) is 0 Å². The average Bonchev–Trinajstić information content (AvgIpc) is 2.48. The predicted molar refractivity (Wildman–Crippen MR) is 86.9 cm³/mol. The van der Waals surface area contributed by atoms with E-state index in [9.17, 15) is 27.2 Å². The molecule has 134 valence electrons. The summed E-state index contributed by atoms with van der Waals surface area (Å²) in [5, 5.41) is 2.36. The van der Waals surface area contributed by atoms with Crippen LogP contribution in [-0.4, -0.2) is 11.7 Å². The maximum atomic E-state index is 13.5. The summed E-state index contributed by atoms with van der Waals surface area (Å²) in [6, 6.07) is 7.99. The molecule has 0 unspecified atom stereocenters. The predicted octanol–water partition coefficient (Wildman–Crippen LogP) is 5.00. The standard InChI is InChI=1S/C15H11F4NO.C3H6O/c1-9-2-7-13(16)12(8-9)14(21)20-11-5-3-10(4-6-11)15(17,18)19;1-3(2)4/h2-8H,1H3,(H,20,21);1-2H3. The van der Waals surface area contributed by atoms with E-state index in [1.165, 1.54) is 26.0 Å². The highest BCUT2D eigenvalue weighted by Gasteiger charge is 2.30. The number of nitrogens with one attached hydrogen (secondary N) is 1. The Bertz CT molecular complexity index is 749. The van der Waals surface area contributed by atoms with Crippen LogP contribution in [0.2, 0.25) is 0 Å². The summed E-state index contributed by atoms with van der Waals surface area (Å²) in [5.74, 6) is -1.24. The Morgan fingerprint density at radius 1 is 0.960 bits per heavy atom. The molecule has 7 heteroatoms. The fourth-order valence-electron chi connectivity index (χ4n) is 1.75. The van der Waals surface area contributed by atoms with E-state index in [2.05, 4.69) is 5.32 Å². The molecule has 0 saturated carbocycles. The van der Waals surface area contributed by atoms with Gasteiger partial charge in [-0.25, -0.2) is 4.39 Å². The van der Waals surface area contributed by atoms with Gasteiger partial charge in [0.25, 0.3) is 5.91 Å². The molecule has 3 nitrogen and oxygen atoms in total. The van der Waals surface area contributed by atoms with Gasteiger partial charge in [-0.15, -0.1) is 0 Å². The normalized spacial score (nSPS) is 10.5. The molecular formula is C18H17F4NO2. The maximum Gasteiger partial charge on any atom is 0.416 e.